The van der Waals surface area contributed by atoms with E-state index in [1.54, 1.807) is 6.20 Å². The number of nitrogens with zero attached hydrogens (tertiary/aromatic N) is 4. The van der Waals surface area contributed by atoms with Gasteiger partial charge in [-0.05, 0) is 44.2 Å². The number of primary amides is 1. The Labute approximate surface area is 205 Å². The first-order valence-corrected chi connectivity index (χ1v) is 11.9. The second kappa shape index (κ2) is 10.3. The number of imidazole rings is 1. The molecule has 5 N–H and O–H groups in total. The third kappa shape index (κ3) is 5.03. The van der Waals surface area contributed by atoms with E-state index >= 15 is 0 Å². The third-order valence-corrected chi connectivity index (χ3v) is 6.78. The van der Waals surface area contributed by atoms with E-state index in [4.69, 9.17) is 28.9 Å². The number of amides is 1. The highest BCUT2D eigenvalue weighted by molar-refractivity contribution is 6.39. The number of carbonyl (C=O) groups excluding carboxylic acids is 1. The van der Waals surface area contributed by atoms with Gasteiger partial charge in [0.2, 0.25) is 17.8 Å². The zero-order valence-electron chi connectivity index (χ0n) is 18.6. The van der Waals surface area contributed by atoms with E-state index in [0.717, 1.165) is 0 Å². The Bertz CT molecular complexity index is 1170. The summed E-state index contributed by atoms with van der Waals surface area (Å²) in [5.74, 6) is -0.209. The highest BCUT2D eigenvalue weighted by Gasteiger charge is 2.29. The van der Waals surface area contributed by atoms with Gasteiger partial charge in [-0.25, -0.2) is 14.4 Å². The average Bonchev–Trinajstić information content (AvgIpc) is 3.17. The van der Waals surface area contributed by atoms with Crippen LogP contribution in [0, 0.1) is 11.7 Å². The Balaban J connectivity index is 1.76. The van der Waals surface area contributed by atoms with E-state index in [0.29, 0.717) is 60.9 Å². The number of halogens is 3. The molecule has 1 aromatic carbocycles. The predicted molar refractivity (Wildman–Crippen MR) is 130 cm³/mol. The van der Waals surface area contributed by atoms with Crippen LogP contribution in [0.3, 0.4) is 0 Å². The Hall–Kier alpha value is -2.69. The molecule has 1 aliphatic carbocycles. The first kappa shape index (κ1) is 24.4. The van der Waals surface area contributed by atoms with Crippen LogP contribution in [0.1, 0.15) is 45.1 Å². The van der Waals surface area contributed by atoms with Crippen molar-refractivity contribution in [2.24, 2.45) is 11.7 Å². The molecule has 0 radical (unpaired) electrons. The summed E-state index contributed by atoms with van der Waals surface area (Å²) in [5.41, 5.74) is 6.95. The maximum Gasteiger partial charge on any atom is 0.225 e. The number of nitrogens with one attached hydrogen (secondary N) is 2. The fourth-order valence-corrected chi connectivity index (χ4v) is 4.80. The second-order valence-electron chi connectivity index (χ2n) is 8.42. The number of benzene rings is 1. The lowest BCUT2D eigenvalue weighted by molar-refractivity contribution is -0.122. The summed E-state index contributed by atoms with van der Waals surface area (Å²) < 4.78 is 15.6. The molecule has 2 heterocycles. The summed E-state index contributed by atoms with van der Waals surface area (Å²) in [7, 11) is 0. The van der Waals surface area contributed by atoms with E-state index < -0.39 is 5.82 Å². The molecule has 0 saturated heterocycles. The van der Waals surface area contributed by atoms with Crippen molar-refractivity contribution in [1.82, 2.24) is 19.5 Å². The van der Waals surface area contributed by atoms with Crippen molar-refractivity contribution < 1.29 is 14.3 Å². The topological polar surface area (TPSA) is 131 Å². The largest absolute Gasteiger partial charge is 0.394 e. The van der Waals surface area contributed by atoms with Crippen LogP contribution in [-0.2, 0) is 4.79 Å². The molecule has 1 amide bonds. The molecule has 2 aromatic heterocycles. The fourth-order valence-electron chi connectivity index (χ4n) is 4.25. The molecule has 0 spiro atoms. The number of hydrogen-bond acceptors (Lipinski definition) is 7. The average molecular weight is 510 g/mol. The van der Waals surface area contributed by atoms with Crippen LogP contribution in [0.2, 0.25) is 10.0 Å². The summed E-state index contributed by atoms with van der Waals surface area (Å²) in [6, 6.07) is 2.13. The summed E-state index contributed by atoms with van der Waals surface area (Å²) in [4.78, 5) is 25.3. The van der Waals surface area contributed by atoms with Gasteiger partial charge in [0.15, 0.2) is 5.65 Å². The normalized spacial score (nSPS) is 19.2. The monoisotopic (exact) mass is 509 g/mol. The molecule has 1 fully saturated rings. The number of aliphatic hydroxyl groups excluding tert-OH is 1. The van der Waals surface area contributed by atoms with Crippen LogP contribution in [-0.4, -0.2) is 43.2 Å². The minimum absolute atomic E-state index is 0.0244. The highest BCUT2D eigenvalue weighted by Crippen LogP contribution is 2.39. The van der Waals surface area contributed by atoms with Crippen molar-refractivity contribution in [3.63, 3.8) is 0 Å². The van der Waals surface area contributed by atoms with Gasteiger partial charge in [0.1, 0.15) is 11.3 Å². The zero-order valence-corrected chi connectivity index (χ0v) is 20.1. The van der Waals surface area contributed by atoms with E-state index in [-0.39, 0.29) is 40.6 Å². The number of rotatable bonds is 8. The molecule has 12 heteroatoms. The molecule has 0 bridgehead atoms. The molecular weight excluding hydrogens is 484 g/mol. The molecule has 1 saturated carbocycles. The predicted octanol–water partition coefficient (Wildman–Crippen LogP) is 4.42. The van der Waals surface area contributed by atoms with Crippen molar-refractivity contribution in [3.05, 3.63) is 34.2 Å². The van der Waals surface area contributed by atoms with Gasteiger partial charge in [-0.1, -0.05) is 30.1 Å². The summed E-state index contributed by atoms with van der Waals surface area (Å²) in [5, 5.41) is 16.0. The quantitative estimate of drug-likeness (QED) is 0.353. The zero-order chi connectivity index (χ0) is 24.4. The lowest BCUT2D eigenvalue weighted by atomic mass is 9.85. The molecule has 1 aliphatic rings. The van der Waals surface area contributed by atoms with Gasteiger partial charge in [-0.3, -0.25) is 9.36 Å². The van der Waals surface area contributed by atoms with E-state index in [2.05, 4.69) is 25.6 Å². The molecule has 34 heavy (non-hydrogen) atoms. The molecule has 1 atom stereocenters. The van der Waals surface area contributed by atoms with Crippen LogP contribution in [0.25, 0.3) is 11.2 Å². The minimum Gasteiger partial charge on any atom is -0.394 e. The lowest BCUT2D eigenvalue weighted by Gasteiger charge is -2.29. The van der Waals surface area contributed by atoms with Crippen molar-refractivity contribution in [2.75, 3.05) is 17.2 Å². The molecule has 182 valence electrons. The number of carbonyl (C=O) groups is 1. The molecule has 0 unspecified atom stereocenters. The lowest BCUT2D eigenvalue weighted by Crippen LogP contribution is -2.29. The first-order valence-electron chi connectivity index (χ1n) is 11.1. The van der Waals surface area contributed by atoms with Gasteiger partial charge in [0.25, 0.3) is 0 Å². The fraction of sp³-hybridized carbons (Fsp3) is 0.455. The van der Waals surface area contributed by atoms with Gasteiger partial charge >= 0.3 is 0 Å². The number of aromatic nitrogens is 4. The Morgan fingerprint density at radius 1 is 1.26 bits per heavy atom. The van der Waals surface area contributed by atoms with Crippen molar-refractivity contribution in [1.29, 1.82) is 0 Å². The van der Waals surface area contributed by atoms with Crippen LogP contribution in [0.4, 0.5) is 22.0 Å². The third-order valence-electron chi connectivity index (χ3n) is 6.19. The summed E-state index contributed by atoms with van der Waals surface area (Å²) in [6.07, 6.45) is 4.98. The van der Waals surface area contributed by atoms with Crippen molar-refractivity contribution in [3.8, 4) is 0 Å². The van der Waals surface area contributed by atoms with Crippen LogP contribution in [0.15, 0.2) is 18.3 Å². The van der Waals surface area contributed by atoms with Crippen molar-refractivity contribution in [2.45, 2.75) is 51.1 Å². The van der Waals surface area contributed by atoms with Crippen LogP contribution in [0.5, 0.6) is 0 Å². The standard InChI is InChI=1S/C22H26Cl2FN7O2/c1-2-13(10-33)28-21-27-9-17-20(31-21)32(14-5-3-11(4-6-14)19(26)34)22(29-17)30-18-15(23)7-12(25)8-16(18)24/h7-9,11,13-14,33H,2-6,10H2,1H3,(H2,26,34)(H,29,30)(H,27,28,31)/t11-,13-,14-/m0/s1. The Morgan fingerprint density at radius 3 is 2.53 bits per heavy atom. The highest BCUT2D eigenvalue weighted by atomic mass is 35.5. The smallest absolute Gasteiger partial charge is 0.225 e. The number of aliphatic hydroxyl groups is 1. The number of nitrogens with two attached hydrogens (primary N) is 1. The number of hydrogen-bond donors (Lipinski definition) is 4. The van der Waals surface area contributed by atoms with E-state index in [1.165, 1.54) is 12.1 Å². The van der Waals surface area contributed by atoms with Gasteiger partial charge in [0.05, 0.1) is 34.6 Å². The maximum absolute atomic E-state index is 13.7. The van der Waals surface area contributed by atoms with Gasteiger partial charge in [-0.15, -0.1) is 0 Å². The second-order valence-corrected chi connectivity index (χ2v) is 9.23. The van der Waals surface area contributed by atoms with Crippen LogP contribution < -0.4 is 16.4 Å². The molecular formula is C22H26Cl2FN7O2. The summed E-state index contributed by atoms with van der Waals surface area (Å²) >= 11 is 12.5. The number of fused-ring (bicyclic) bond motifs is 1. The maximum atomic E-state index is 13.7. The SMILES string of the molecule is CC[C@@H](CO)Nc1ncc2nc(Nc3c(Cl)cc(F)cc3Cl)n([C@H]3CC[C@H](C(N)=O)CC3)c2n1. The molecule has 9 nitrogen and oxygen atoms in total. The van der Waals surface area contributed by atoms with Gasteiger partial charge < -0.3 is 21.5 Å². The van der Waals surface area contributed by atoms with Crippen LogP contribution >= 0.6 is 23.2 Å². The Morgan fingerprint density at radius 2 is 1.94 bits per heavy atom. The first-order chi connectivity index (χ1) is 16.3. The van der Waals surface area contributed by atoms with E-state index in [9.17, 15) is 14.3 Å². The molecule has 4 rings (SSSR count). The van der Waals surface area contributed by atoms with Gasteiger partial charge in [-0.2, -0.15) is 4.98 Å². The Kier molecular flexibility index (Phi) is 7.39. The molecule has 0 aliphatic heterocycles. The van der Waals surface area contributed by atoms with E-state index in [1.807, 2.05) is 11.5 Å². The van der Waals surface area contributed by atoms with Gasteiger partial charge in [0, 0.05) is 12.0 Å². The minimum atomic E-state index is -0.547. The number of anilines is 3. The molecule has 3 aromatic rings. The van der Waals surface area contributed by atoms with Crippen molar-refractivity contribution >= 4 is 57.9 Å². The summed E-state index contributed by atoms with van der Waals surface area (Å²) in [6.45, 7) is 1.90.